The smallest absolute Gasteiger partial charge is 0.410 e. The number of hydrogen-bond donors (Lipinski definition) is 3. The number of pyridine rings is 4. The highest BCUT2D eigenvalue weighted by Gasteiger charge is 2.46. The van der Waals surface area contributed by atoms with Crippen molar-refractivity contribution in [2.24, 2.45) is 17.4 Å². The van der Waals surface area contributed by atoms with Gasteiger partial charge in [0.05, 0.1) is 93.7 Å². The van der Waals surface area contributed by atoms with Crippen LogP contribution >= 0.6 is 0 Å². The zero-order valence-electron chi connectivity index (χ0n) is 55.5. The number of phenols is 1. The Labute approximate surface area is 550 Å². The number of fused-ring (bicyclic) bond motifs is 10. The number of nitrogens with zero attached hydrogens (tertiary/aromatic N) is 9. The highest BCUT2D eigenvalue weighted by Crippen LogP contribution is 2.50. The molecule has 0 spiro atoms. The van der Waals surface area contributed by atoms with E-state index in [1.165, 1.54) is 34.8 Å². The van der Waals surface area contributed by atoms with Crippen molar-refractivity contribution in [2.75, 3.05) is 72.5 Å². The standard InChI is InChI=1S/C38H43F3N6O5.C33H34F3N5O3/c1-19(2)31-32(20(3)12-13-43-31)47-33-23(14-25(40)29(30(33)41)28-24(39)10-9-11-26(28)51-8)34-35(36(47)49)44(18-27(42)48)16-22-17-45(21(4)15-46(22)34)37(50)52-38(5,6)7;1-16(2)28-29(18(4)10-11-38-28)41-30-20(12-22(35)26(27(30)36)25-21(34)6-5-7-23(25)42)31-32(33(41)44)39(15-24(37)43)14-19-9-8-17(3)13-40(19)31/h9-14,19,21-22H,15-18H2,1-8H3,(H2,42,48);5-7,10-12,16-17,19,42H,8-9,13-15H2,1-4H3,(H2,37,43)/t21-,22+;17-,19+/m10/s1. The molecule has 2 saturated heterocycles. The number of phenolic OH excluding ortho intramolecular Hbond substituents is 1. The molecule has 4 aromatic carbocycles. The van der Waals surface area contributed by atoms with Crippen molar-refractivity contribution in [3.05, 3.63) is 151 Å². The minimum Gasteiger partial charge on any atom is -0.507 e. The molecule has 4 atom stereocenters. The summed E-state index contributed by atoms with van der Waals surface area (Å²) in [4.78, 5) is 85.8. The van der Waals surface area contributed by atoms with Crippen LogP contribution in [0.5, 0.6) is 11.5 Å². The van der Waals surface area contributed by atoms with Crippen molar-refractivity contribution >= 4 is 62.5 Å². The average molecular weight is 1330 g/mol. The van der Waals surface area contributed by atoms with Crippen LogP contribution in [0.1, 0.15) is 110 Å². The highest BCUT2D eigenvalue weighted by molar-refractivity contribution is 6.05. The van der Waals surface area contributed by atoms with Gasteiger partial charge in [0.2, 0.25) is 11.8 Å². The second-order valence-electron chi connectivity index (χ2n) is 27.0. The van der Waals surface area contributed by atoms with Crippen molar-refractivity contribution < 1.29 is 55.3 Å². The van der Waals surface area contributed by atoms with Crippen molar-refractivity contribution in [2.45, 2.75) is 125 Å². The Kier molecular flexibility index (Phi) is 18.1. The molecule has 4 aliphatic rings. The van der Waals surface area contributed by atoms with Crippen molar-refractivity contribution in [3.63, 3.8) is 0 Å². The number of piperidine rings is 1. The number of aromatic nitrogens is 4. The van der Waals surface area contributed by atoms with Gasteiger partial charge in [-0.3, -0.25) is 38.3 Å². The Bertz CT molecular complexity index is 4610. The lowest BCUT2D eigenvalue weighted by atomic mass is 9.89. The molecule has 12 rings (SSSR count). The summed E-state index contributed by atoms with van der Waals surface area (Å²) >= 11 is 0. The fourth-order valence-corrected chi connectivity index (χ4v) is 14.2. The minimum absolute atomic E-state index is 0.00120. The number of carbonyl (C=O) groups is 3. The molecule has 0 aliphatic carbocycles. The van der Waals surface area contributed by atoms with Gasteiger partial charge >= 0.3 is 6.09 Å². The molecule has 4 aromatic heterocycles. The first-order valence-electron chi connectivity index (χ1n) is 31.9. The van der Waals surface area contributed by atoms with Gasteiger partial charge in [-0.05, 0) is 132 Å². The molecule has 96 heavy (non-hydrogen) atoms. The molecule has 8 aromatic rings. The van der Waals surface area contributed by atoms with E-state index < -0.39 is 116 Å². The van der Waals surface area contributed by atoms with Crippen LogP contribution in [0.15, 0.2) is 82.6 Å². The number of amides is 3. The average Bonchev–Trinajstić information content (AvgIpc) is 0.710. The van der Waals surface area contributed by atoms with Crippen LogP contribution in [-0.4, -0.2) is 124 Å². The van der Waals surface area contributed by atoms with Crippen LogP contribution in [0.2, 0.25) is 0 Å². The maximum absolute atomic E-state index is 17.6. The van der Waals surface area contributed by atoms with Gasteiger partial charge in [-0.1, -0.05) is 46.8 Å². The minimum atomic E-state index is -1.20. The van der Waals surface area contributed by atoms with E-state index in [0.717, 1.165) is 47.7 Å². The first-order chi connectivity index (χ1) is 45.3. The number of aryl methyl sites for hydroxylation is 2. The lowest BCUT2D eigenvalue weighted by Gasteiger charge is -2.51. The number of anilines is 4. The summed E-state index contributed by atoms with van der Waals surface area (Å²) in [5, 5.41) is 10.6. The van der Waals surface area contributed by atoms with Crippen LogP contribution in [0.4, 0.5) is 53.9 Å². The molecule has 25 heteroatoms. The maximum Gasteiger partial charge on any atom is 0.410 e. The zero-order valence-corrected chi connectivity index (χ0v) is 55.5. The van der Waals surface area contributed by atoms with Crippen molar-refractivity contribution in [1.82, 2.24) is 24.0 Å². The van der Waals surface area contributed by atoms with Crippen molar-refractivity contribution in [1.29, 1.82) is 0 Å². The molecule has 0 bridgehead atoms. The zero-order chi connectivity index (χ0) is 69.6. The molecule has 5 N–H and O–H groups in total. The summed E-state index contributed by atoms with van der Waals surface area (Å²) in [7, 11) is 1.26. The fourth-order valence-electron chi connectivity index (χ4n) is 14.2. The Morgan fingerprint density at radius 2 is 1.07 bits per heavy atom. The lowest BCUT2D eigenvalue weighted by Crippen LogP contribution is -2.65. The predicted molar refractivity (Wildman–Crippen MR) is 357 cm³/mol. The van der Waals surface area contributed by atoms with Gasteiger partial charge in [-0.25, -0.2) is 31.1 Å². The SMILES string of the molecule is COc1cccc(F)c1-c1c(F)cc2c3c(c(=O)n(-c4c(C)ccnc4C(C)C)c2c1F)N(CC(N)=O)C[C@H]1CN(C(=O)OC(C)(C)C)[C@H](C)CN31.Cc1ccnc(C(C)C)c1-n1c(=O)c2c(c3cc(F)c(-c4c(O)cccc4F)c(F)c31)N1C[C@@H](C)CC[C@@H]1CN2CC(N)=O. The molecule has 19 nitrogen and oxygen atoms in total. The number of ether oxygens (including phenoxy) is 2. The Balaban J connectivity index is 0.000000198. The molecule has 3 amide bonds. The molecular formula is C71H77F6N11O8. The number of hydrogen-bond acceptors (Lipinski definition) is 14. The number of carbonyl (C=O) groups excluding carboxylic acids is 3. The van der Waals surface area contributed by atoms with E-state index in [0.29, 0.717) is 47.0 Å². The van der Waals surface area contributed by atoms with Crippen LogP contribution in [0.25, 0.3) is 55.4 Å². The quantitative estimate of drug-likeness (QED) is 0.102. The van der Waals surface area contributed by atoms with E-state index in [4.69, 9.17) is 20.9 Å². The van der Waals surface area contributed by atoms with E-state index in [2.05, 4.69) is 16.9 Å². The van der Waals surface area contributed by atoms with Crippen molar-refractivity contribution in [3.8, 4) is 45.1 Å². The summed E-state index contributed by atoms with van der Waals surface area (Å²) in [5.74, 6) is -8.90. The molecular weight excluding hydrogens is 1250 g/mol. The van der Waals surface area contributed by atoms with E-state index >= 15 is 31.1 Å². The third-order valence-electron chi connectivity index (χ3n) is 18.3. The van der Waals surface area contributed by atoms with E-state index in [-0.39, 0.29) is 100 Å². The van der Waals surface area contributed by atoms with Gasteiger partial charge in [0.25, 0.3) is 11.1 Å². The number of nitrogens with two attached hydrogens (primary N) is 2. The number of benzene rings is 4. The number of piperazine rings is 1. The summed E-state index contributed by atoms with van der Waals surface area (Å²) < 4.78 is 112. The number of primary amides is 2. The molecule has 2 fully saturated rings. The van der Waals surface area contributed by atoms with Gasteiger partial charge in [-0.15, -0.1) is 0 Å². The predicted octanol–water partition coefficient (Wildman–Crippen LogP) is 11.5. The van der Waals surface area contributed by atoms with Crippen LogP contribution in [0.3, 0.4) is 0 Å². The fraction of sp³-hybridized carbons (Fsp3) is 0.394. The van der Waals surface area contributed by atoms with Crippen LogP contribution in [0, 0.1) is 54.7 Å². The number of rotatable bonds is 11. The van der Waals surface area contributed by atoms with Gasteiger partial charge in [0.1, 0.15) is 51.7 Å². The van der Waals surface area contributed by atoms with Gasteiger partial charge in [-0.2, -0.15) is 0 Å². The van der Waals surface area contributed by atoms with E-state index in [9.17, 15) is 24.3 Å². The third kappa shape index (κ3) is 11.8. The molecule has 4 aliphatic heterocycles. The molecule has 0 unspecified atom stereocenters. The summed E-state index contributed by atoms with van der Waals surface area (Å²) in [6, 6.07) is 11.6. The largest absolute Gasteiger partial charge is 0.507 e. The Morgan fingerprint density at radius 1 is 0.604 bits per heavy atom. The monoisotopic (exact) mass is 1330 g/mol. The Morgan fingerprint density at radius 3 is 1.54 bits per heavy atom. The topological polar surface area (TPSA) is 228 Å². The van der Waals surface area contributed by atoms with Gasteiger partial charge in [0.15, 0.2) is 11.6 Å². The molecule has 506 valence electrons. The molecule has 0 saturated carbocycles. The second kappa shape index (κ2) is 25.7. The third-order valence-corrected chi connectivity index (χ3v) is 18.3. The van der Waals surface area contributed by atoms with Crippen LogP contribution < -0.4 is 46.9 Å². The lowest BCUT2D eigenvalue weighted by molar-refractivity contribution is -0.117. The van der Waals surface area contributed by atoms with E-state index in [1.807, 2.05) is 44.4 Å². The summed E-state index contributed by atoms with van der Waals surface area (Å²) in [6.45, 7) is 20.8. The molecule has 8 heterocycles. The van der Waals surface area contributed by atoms with E-state index in [1.54, 1.807) is 68.9 Å². The van der Waals surface area contributed by atoms with Gasteiger partial charge < -0.3 is 50.5 Å². The maximum atomic E-state index is 17.6. The summed E-state index contributed by atoms with van der Waals surface area (Å²) in [5.41, 5.74) is 9.38. The number of halogens is 6. The highest BCUT2D eigenvalue weighted by atomic mass is 19.2. The first-order valence-corrected chi connectivity index (χ1v) is 31.9. The number of aromatic hydroxyl groups is 1. The second-order valence-corrected chi connectivity index (χ2v) is 27.0. The summed E-state index contributed by atoms with van der Waals surface area (Å²) in [6.07, 6.45) is 4.29. The van der Waals surface area contributed by atoms with Crippen LogP contribution in [-0.2, 0) is 14.3 Å². The first kappa shape index (κ1) is 67.6. The number of methoxy groups -OCH3 is 1. The van der Waals surface area contributed by atoms with Gasteiger partial charge in [0, 0.05) is 68.0 Å². The molecule has 0 radical (unpaired) electrons. The normalized spacial score (nSPS) is 17.7. The Hall–Kier alpha value is -9.81.